The first-order valence-electron chi connectivity index (χ1n) is 8.44. The zero-order valence-corrected chi connectivity index (χ0v) is 14.9. The summed E-state index contributed by atoms with van der Waals surface area (Å²) in [5, 5.41) is 0. The van der Waals surface area contributed by atoms with E-state index < -0.39 is 23.7 Å². The molecule has 0 amide bonds. The Hall–Kier alpha value is -1.85. The smallest absolute Gasteiger partial charge is 0.183 e. The highest BCUT2D eigenvalue weighted by Crippen LogP contribution is 2.31. The molecule has 0 N–H and O–H groups in total. The van der Waals surface area contributed by atoms with Gasteiger partial charge in [-0.3, -0.25) is 0 Å². The van der Waals surface area contributed by atoms with Gasteiger partial charge in [0.05, 0.1) is 13.2 Å². The van der Waals surface area contributed by atoms with E-state index in [4.69, 9.17) is 9.47 Å². The lowest BCUT2D eigenvalue weighted by Gasteiger charge is -2.27. The topological polar surface area (TPSA) is 18.5 Å². The van der Waals surface area contributed by atoms with E-state index in [1.54, 1.807) is 6.07 Å². The molecule has 2 aromatic carbocycles. The predicted molar refractivity (Wildman–Crippen MR) is 91.6 cm³/mol. The molecule has 0 spiro atoms. The largest absolute Gasteiger partial charge is 0.348 e. The van der Waals surface area contributed by atoms with Crippen molar-refractivity contribution in [3.8, 4) is 11.1 Å². The molecule has 0 unspecified atom stereocenters. The Morgan fingerprint density at radius 1 is 0.880 bits per heavy atom. The van der Waals surface area contributed by atoms with Crippen molar-refractivity contribution in [1.82, 2.24) is 0 Å². The first-order chi connectivity index (χ1) is 12.0. The standard InChI is InChI=1S/C18H17F3O2.C2H6/c1-10-8-22-18(23-9-10)12-3-4-14(17(21)5-12)13-6-15(19)11(2)16(20)7-13;1-2/h3-7,10,18H,8-9H2,1-2H3;1-2H3. The van der Waals surface area contributed by atoms with E-state index in [0.29, 0.717) is 24.7 Å². The maximum Gasteiger partial charge on any atom is 0.183 e. The number of hydrogen-bond donors (Lipinski definition) is 0. The molecule has 3 rings (SSSR count). The van der Waals surface area contributed by atoms with Gasteiger partial charge in [0.15, 0.2) is 6.29 Å². The average molecular weight is 352 g/mol. The van der Waals surface area contributed by atoms with E-state index in [-0.39, 0.29) is 16.7 Å². The van der Waals surface area contributed by atoms with Crippen LogP contribution in [0.5, 0.6) is 0 Å². The van der Waals surface area contributed by atoms with Crippen molar-refractivity contribution >= 4 is 0 Å². The molecule has 1 heterocycles. The number of halogens is 3. The van der Waals surface area contributed by atoms with E-state index >= 15 is 0 Å². The van der Waals surface area contributed by atoms with Crippen molar-refractivity contribution in [2.75, 3.05) is 13.2 Å². The summed E-state index contributed by atoms with van der Waals surface area (Å²) >= 11 is 0. The molecule has 0 saturated carbocycles. The molecule has 2 aromatic rings. The van der Waals surface area contributed by atoms with Gasteiger partial charge in [-0.1, -0.05) is 32.9 Å². The number of benzene rings is 2. The fourth-order valence-corrected chi connectivity index (χ4v) is 2.50. The fourth-order valence-electron chi connectivity index (χ4n) is 2.50. The Kier molecular flexibility index (Phi) is 6.62. The normalized spacial score (nSPS) is 20.0. The Bertz CT molecular complexity index is 700. The van der Waals surface area contributed by atoms with Crippen LogP contribution in [0.1, 0.15) is 38.2 Å². The first-order valence-corrected chi connectivity index (χ1v) is 8.44. The summed E-state index contributed by atoms with van der Waals surface area (Å²) in [6, 6.07) is 6.68. The van der Waals surface area contributed by atoms with Crippen LogP contribution in [-0.2, 0) is 9.47 Å². The van der Waals surface area contributed by atoms with Crippen LogP contribution < -0.4 is 0 Å². The van der Waals surface area contributed by atoms with Crippen LogP contribution in [0.3, 0.4) is 0 Å². The minimum atomic E-state index is -0.698. The van der Waals surface area contributed by atoms with Gasteiger partial charge in [-0.15, -0.1) is 0 Å². The molecule has 0 atom stereocenters. The van der Waals surface area contributed by atoms with Crippen molar-refractivity contribution in [3.63, 3.8) is 0 Å². The zero-order chi connectivity index (χ0) is 18.6. The van der Waals surface area contributed by atoms with Crippen LogP contribution >= 0.6 is 0 Å². The van der Waals surface area contributed by atoms with Crippen LogP contribution in [0.4, 0.5) is 13.2 Å². The average Bonchev–Trinajstić information content (AvgIpc) is 2.61. The maximum atomic E-state index is 14.4. The van der Waals surface area contributed by atoms with Crippen molar-refractivity contribution in [3.05, 3.63) is 58.9 Å². The van der Waals surface area contributed by atoms with Gasteiger partial charge in [0.2, 0.25) is 0 Å². The molecule has 2 nitrogen and oxygen atoms in total. The quantitative estimate of drug-likeness (QED) is 0.681. The molecule has 1 saturated heterocycles. The van der Waals surface area contributed by atoms with Gasteiger partial charge >= 0.3 is 0 Å². The van der Waals surface area contributed by atoms with Crippen molar-refractivity contribution in [1.29, 1.82) is 0 Å². The number of rotatable bonds is 2. The third kappa shape index (κ3) is 4.41. The minimum absolute atomic E-state index is 0.0797. The summed E-state index contributed by atoms with van der Waals surface area (Å²) in [6.07, 6.45) is -0.610. The minimum Gasteiger partial charge on any atom is -0.348 e. The third-order valence-corrected chi connectivity index (χ3v) is 3.92. The Balaban J connectivity index is 0.00000109. The van der Waals surface area contributed by atoms with Gasteiger partial charge in [0.25, 0.3) is 0 Å². The number of hydrogen-bond acceptors (Lipinski definition) is 2. The predicted octanol–water partition coefficient (Wildman–Crippen LogP) is 5.79. The molecule has 0 radical (unpaired) electrons. The lowest BCUT2D eigenvalue weighted by atomic mass is 10.0. The Morgan fingerprint density at radius 2 is 1.44 bits per heavy atom. The second-order valence-corrected chi connectivity index (χ2v) is 5.91. The van der Waals surface area contributed by atoms with Gasteiger partial charge < -0.3 is 9.47 Å². The summed E-state index contributed by atoms with van der Waals surface area (Å²) in [4.78, 5) is 0. The molecule has 5 heteroatoms. The van der Waals surface area contributed by atoms with Crippen LogP contribution in [0.15, 0.2) is 30.3 Å². The summed E-state index contributed by atoms with van der Waals surface area (Å²) in [7, 11) is 0. The molecule has 136 valence electrons. The van der Waals surface area contributed by atoms with Crippen LogP contribution in [0.2, 0.25) is 0 Å². The Morgan fingerprint density at radius 3 is 1.96 bits per heavy atom. The third-order valence-electron chi connectivity index (χ3n) is 3.92. The summed E-state index contributed by atoms with van der Waals surface area (Å²) in [5.41, 5.74) is 0.764. The Labute approximate surface area is 146 Å². The molecule has 0 bridgehead atoms. The summed E-state index contributed by atoms with van der Waals surface area (Å²) < 4.78 is 52.7. The maximum absolute atomic E-state index is 14.4. The molecule has 1 aliphatic rings. The fraction of sp³-hybridized carbons (Fsp3) is 0.400. The van der Waals surface area contributed by atoms with Gasteiger partial charge in [0, 0.05) is 22.6 Å². The van der Waals surface area contributed by atoms with E-state index in [2.05, 4.69) is 0 Å². The molecule has 0 aliphatic carbocycles. The lowest BCUT2D eigenvalue weighted by Crippen LogP contribution is -2.25. The highest BCUT2D eigenvalue weighted by atomic mass is 19.1. The van der Waals surface area contributed by atoms with Crippen LogP contribution in [0, 0.1) is 30.3 Å². The molecule has 1 aliphatic heterocycles. The van der Waals surface area contributed by atoms with E-state index in [0.717, 1.165) is 12.1 Å². The van der Waals surface area contributed by atoms with Crippen molar-refractivity contribution < 1.29 is 22.6 Å². The van der Waals surface area contributed by atoms with Gasteiger partial charge in [0.1, 0.15) is 17.5 Å². The molecule has 25 heavy (non-hydrogen) atoms. The highest BCUT2D eigenvalue weighted by molar-refractivity contribution is 5.65. The van der Waals surface area contributed by atoms with E-state index in [1.165, 1.54) is 19.1 Å². The zero-order valence-electron chi connectivity index (χ0n) is 14.9. The first kappa shape index (κ1) is 19.5. The van der Waals surface area contributed by atoms with E-state index in [9.17, 15) is 13.2 Å². The van der Waals surface area contributed by atoms with Crippen LogP contribution in [0.25, 0.3) is 11.1 Å². The highest BCUT2D eigenvalue weighted by Gasteiger charge is 2.22. The SMILES string of the molecule is CC.Cc1c(F)cc(-c2ccc(C3OCC(C)CO3)cc2F)cc1F. The van der Waals surface area contributed by atoms with E-state index in [1.807, 2.05) is 20.8 Å². The molecule has 1 fully saturated rings. The van der Waals surface area contributed by atoms with Gasteiger partial charge in [-0.05, 0) is 30.7 Å². The number of ether oxygens (including phenoxy) is 2. The molecular formula is C20H23F3O2. The van der Waals surface area contributed by atoms with Crippen molar-refractivity contribution in [2.45, 2.75) is 34.0 Å². The molecular weight excluding hydrogens is 329 g/mol. The van der Waals surface area contributed by atoms with Gasteiger partial charge in [-0.25, -0.2) is 13.2 Å². The lowest BCUT2D eigenvalue weighted by molar-refractivity contribution is -0.202. The summed E-state index contributed by atoms with van der Waals surface area (Å²) in [6.45, 7) is 8.43. The second kappa shape index (κ2) is 8.50. The van der Waals surface area contributed by atoms with Gasteiger partial charge in [-0.2, -0.15) is 0 Å². The monoisotopic (exact) mass is 352 g/mol. The molecule has 0 aromatic heterocycles. The van der Waals surface area contributed by atoms with Crippen LogP contribution in [-0.4, -0.2) is 13.2 Å². The second-order valence-electron chi connectivity index (χ2n) is 5.91. The van der Waals surface area contributed by atoms with Crippen molar-refractivity contribution in [2.24, 2.45) is 5.92 Å². The summed E-state index contributed by atoms with van der Waals surface area (Å²) in [5.74, 6) is -1.67.